The molecule has 0 aliphatic rings. The standard InChI is InChI=1S/C18H17BrF2N2O3/c1-11(26-14-4-2-3-13(19)10-14)18(25)23-22-17(24)8-6-12-5-7-15(20)16(21)9-12/h2-5,7,9-11H,6,8H2,1H3,(H,22,24)(H,23,25). The Hall–Kier alpha value is -2.48. The fourth-order valence-electron chi connectivity index (χ4n) is 2.05. The van der Waals surface area contributed by atoms with Gasteiger partial charge in [0.05, 0.1) is 0 Å². The molecule has 2 aromatic carbocycles. The van der Waals surface area contributed by atoms with E-state index in [1.807, 2.05) is 6.07 Å². The average Bonchev–Trinajstić information content (AvgIpc) is 2.60. The minimum absolute atomic E-state index is 0.00617. The minimum atomic E-state index is -0.963. The summed E-state index contributed by atoms with van der Waals surface area (Å²) in [6, 6.07) is 10.5. The van der Waals surface area contributed by atoms with Crippen LogP contribution >= 0.6 is 15.9 Å². The zero-order valence-corrected chi connectivity index (χ0v) is 15.5. The number of rotatable bonds is 6. The molecule has 2 N–H and O–H groups in total. The van der Waals surface area contributed by atoms with E-state index in [4.69, 9.17) is 4.74 Å². The number of hydrogen-bond donors (Lipinski definition) is 2. The van der Waals surface area contributed by atoms with E-state index in [-0.39, 0.29) is 12.8 Å². The van der Waals surface area contributed by atoms with E-state index in [0.29, 0.717) is 11.3 Å². The fraction of sp³-hybridized carbons (Fsp3) is 0.222. The third kappa shape index (κ3) is 6.11. The molecule has 2 amide bonds. The van der Waals surface area contributed by atoms with Crippen molar-refractivity contribution in [3.05, 3.63) is 64.1 Å². The number of carbonyl (C=O) groups is 2. The maximum atomic E-state index is 13.1. The van der Waals surface area contributed by atoms with Gasteiger partial charge in [0, 0.05) is 10.9 Å². The largest absolute Gasteiger partial charge is 0.481 e. The summed E-state index contributed by atoms with van der Waals surface area (Å²) in [4.78, 5) is 23.7. The molecule has 2 rings (SSSR count). The van der Waals surface area contributed by atoms with Crippen LogP contribution in [-0.2, 0) is 16.0 Å². The molecule has 8 heteroatoms. The van der Waals surface area contributed by atoms with Gasteiger partial charge in [-0.15, -0.1) is 0 Å². The Morgan fingerprint density at radius 1 is 1.12 bits per heavy atom. The lowest BCUT2D eigenvalue weighted by atomic mass is 10.1. The molecule has 0 saturated heterocycles. The predicted molar refractivity (Wildman–Crippen MR) is 95.2 cm³/mol. The third-order valence-electron chi connectivity index (χ3n) is 3.43. The molecule has 0 aliphatic carbocycles. The Morgan fingerprint density at radius 2 is 1.88 bits per heavy atom. The number of carbonyl (C=O) groups excluding carboxylic acids is 2. The maximum Gasteiger partial charge on any atom is 0.279 e. The second kappa shape index (κ2) is 9.28. The van der Waals surface area contributed by atoms with Crippen molar-refractivity contribution >= 4 is 27.7 Å². The zero-order valence-electron chi connectivity index (χ0n) is 13.9. The van der Waals surface area contributed by atoms with E-state index in [1.165, 1.54) is 6.07 Å². The smallest absolute Gasteiger partial charge is 0.279 e. The van der Waals surface area contributed by atoms with Crippen molar-refractivity contribution in [2.45, 2.75) is 25.9 Å². The summed E-state index contributed by atoms with van der Waals surface area (Å²) in [5, 5.41) is 0. The van der Waals surface area contributed by atoms with Crippen molar-refractivity contribution in [3.8, 4) is 5.75 Å². The SMILES string of the molecule is CC(Oc1cccc(Br)c1)C(=O)NNC(=O)CCc1ccc(F)c(F)c1. The van der Waals surface area contributed by atoms with E-state index in [1.54, 1.807) is 25.1 Å². The highest BCUT2D eigenvalue weighted by molar-refractivity contribution is 9.10. The Labute approximate surface area is 157 Å². The van der Waals surface area contributed by atoms with Gasteiger partial charge in [-0.25, -0.2) is 8.78 Å². The van der Waals surface area contributed by atoms with Crippen molar-refractivity contribution < 1.29 is 23.1 Å². The number of ether oxygens (including phenoxy) is 1. The third-order valence-corrected chi connectivity index (χ3v) is 3.92. The van der Waals surface area contributed by atoms with Gasteiger partial charge in [0.2, 0.25) is 5.91 Å². The number of aryl methyl sites for hydroxylation is 1. The summed E-state index contributed by atoms with van der Waals surface area (Å²) < 4.78 is 32.2. The van der Waals surface area contributed by atoms with Crippen LogP contribution in [0.1, 0.15) is 18.9 Å². The van der Waals surface area contributed by atoms with Gasteiger partial charge in [-0.1, -0.05) is 28.1 Å². The molecular formula is C18H17BrF2N2O3. The number of benzene rings is 2. The van der Waals surface area contributed by atoms with Gasteiger partial charge < -0.3 is 4.74 Å². The molecule has 1 atom stereocenters. The molecule has 0 aromatic heterocycles. The van der Waals surface area contributed by atoms with Crippen LogP contribution in [0.25, 0.3) is 0 Å². The van der Waals surface area contributed by atoms with Crippen LogP contribution in [0.15, 0.2) is 46.9 Å². The van der Waals surface area contributed by atoms with Gasteiger partial charge in [0.25, 0.3) is 5.91 Å². The lowest BCUT2D eigenvalue weighted by molar-refractivity contribution is -0.132. The van der Waals surface area contributed by atoms with Crippen LogP contribution in [0.2, 0.25) is 0 Å². The Balaban J connectivity index is 1.75. The number of hydrazine groups is 1. The first kappa shape index (κ1) is 19.8. The number of nitrogens with one attached hydrogen (secondary N) is 2. The molecule has 26 heavy (non-hydrogen) atoms. The normalized spacial score (nSPS) is 11.5. The summed E-state index contributed by atoms with van der Waals surface area (Å²) in [5.74, 6) is -2.38. The molecule has 138 valence electrons. The monoisotopic (exact) mass is 426 g/mol. The van der Waals surface area contributed by atoms with Crippen molar-refractivity contribution in [1.82, 2.24) is 10.9 Å². The first-order chi connectivity index (χ1) is 12.3. The van der Waals surface area contributed by atoms with Crippen molar-refractivity contribution in [3.63, 3.8) is 0 Å². The van der Waals surface area contributed by atoms with E-state index in [2.05, 4.69) is 26.8 Å². The number of halogens is 3. The highest BCUT2D eigenvalue weighted by atomic mass is 79.9. The molecular weight excluding hydrogens is 410 g/mol. The highest BCUT2D eigenvalue weighted by Crippen LogP contribution is 2.18. The molecule has 0 saturated carbocycles. The summed E-state index contributed by atoms with van der Waals surface area (Å²) in [5.41, 5.74) is 5.01. The Bertz CT molecular complexity index is 802. The quantitative estimate of drug-likeness (QED) is 0.696. The van der Waals surface area contributed by atoms with Crippen molar-refractivity contribution in [2.24, 2.45) is 0 Å². The van der Waals surface area contributed by atoms with Crippen LogP contribution in [0.5, 0.6) is 5.75 Å². The molecule has 0 spiro atoms. The van der Waals surface area contributed by atoms with E-state index in [9.17, 15) is 18.4 Å². The van der Waals surface area contributed by atoms with Crippen LogP contribution in [-0.4, -0.2) is 17.9 Å². The Kier molecular flexibility index (Phi) is 7.08. The predicted octanol–water partition coefficient (Wildman–Crippen LogP) is 3.27. The summed E-state index contributed by atoms with van der Waals surface area (Å²) in [7, 11) is 0. The molecule has 5 nitrogen and oxygen atoms in total. The topological polar surface area (TPSA) is 67.4 Å². The second-order valence-corrected chi connectivity index (χ2v) is 6.42. The van der Waals surface area contributed by atoms with Gasteiger partial charge in [0.15, 0.2) is 17.7 Å². The van der Waals surface area contributed by atoms with Gasteiger partial charge >= 0.3 is 0 Å². The highest BCUT2D eigenvalue weighted by Gasteiger charge is 2.15. The number of amides is 2. The Morgan fingerprint density at radius 3 is 2.58 bits per heavy atom. The van der Waals surface area contributed by atoms with Gasteiger partial charge in [-0.3, -0.25) is 20.4 Å². The zero-order chi connectivity index (χ0) is 19.1. The average molecular weight is 427 g/mol. The molecule has 0 radical (unpaired) electrons. The lowest BCUT2D eigenvalue weighted by Gasteiger charge is -2.15. The van der Waals surface area contributed by atoms with E-state index in [0.717, 1.165) is 16.6 Å². The van der Waals surface area contributed by atoms with Gasteiger partial charge in [0.1, 0.15) is 5.75 Å². The number of hydrogen-bond acceptors (Lipinski definition) is 3. The molecule has 0 aliphatic heterocycles. The second-order valence-electron chi connectivity index (χ2n) is 5.50. The fourth-order valence-corrected chi connectivity index (χ4v) is 2.42. The van der Waals surface area contributed by atoms with Gasteiger partial charge in [-0.05, 0) is 49.2 Å². The molecule has 2 aromatic rings. The minimum Gasteiger partial charge on any atom is -0.481 e. The van der Waals surface area contributed by atoms with E-state index < -0.39 is 29.6 Å². The van der Waals surface area contributed by atoms with Crippen LogP contribution in [0.3, 0.4) is 0 Å². The summed E-state index contributed by atoms with van der Waals surface area (Å²) in [6.45, 7) is 1.55. The van der Waals surface area contributed by atoms with Gasteiger partial charge in [-0.2, -0.15) is 0 Å². The van der Waals surface area contributed by atoms with Crippen molar-refractivity contribution in [1.29, 1.82) is 0 Å². The summed E-state index contributed by atoms with van der Waals surface area (Å²) >= 11 is 3.30. The first-order valence-electron chi connectivity index (χ1n) is 7.80. The molecule has 0 fully saturated rings. The maximum absolute atomic E-state index is 13.1. The first-order valence-corrected chi connectivity index (χ1v) is 8.59. The van der Waals surface area contributed by atoms with Crippen molar-refractivity contribution in [2.75, 3.05) is 0 Å². The van der Waals surface area contributed by atoms with Crippen LogP contribution in [0, 0.1) is 11.6 Å². The molecule has 1 unspecified atom stereocenters. The molecule has 0 bridgehead atoms. The summed E-state index contributed by atoms with van der Waals surface area (Å²) in [6.07, 6.45) is -0.606. The molecule has 0 heterocycles. The van der Waals surface area contributed by atoms with Crippen LogP contribution in [0.4, 0.5) is 8.78 Å². The lowest BCUT2D eigenvalue weighted by Crippen LogP contribution is -2.47. The van der Waals surface area contributed by atoms with Crippen LogP contribution < -0.4 is 15.6 Å². The van der Waals surface area contributed by atoms with E-state index >= 15 is 0 Å².